The standard InChI is InChI=1S/C21H24N2O2/c1-16-14-21(24)23(17-8-5-4-6-9-17)20-15-18(10-11-19(16)20)25-13-7-12-22(2)3/h4-6,8-11,14-15H,7,12-13H2,1-3H3. The number of aromatic nitrogens is 1. The van der Waals surface area contributed by atoms with Crippen LogP contribution >= 0.6 is 0 Å². The van der Waals surface area contributed by atoms with Crippen LogP contribution in [0.25, 0.3) is 16.6 Å². The SMILES string of the molecule is Cc1cc(=O)n(-c2ccccc2)c2cc(OCCCN(C)C)ccc12. The van der Waals surface area contributed by atoms with E-state index >= 15 is 0 Å². The molecule has 0 saturated heterocycles. The highest BCUT2D eigenvalue weighted by Gasteiger charge is 2.09. The van der Waals surface area contributed by atoms with Crippen LogP contribution in [0.5, 0.6) is 5.75 Å². The molecule has 0 unspecified atom stereocenters. The maximum atomic E-state index is 12.6. The molecule has 0 radical (unpaired) electrons. The molecule has 4 nitrogen and oxygen atoms in total. The van der Waals surface area contributed by atoms with Crippen molar-refractivity contribution in [2.75, 3.05) is 27.2 Å². The summed E-state index contributed by atoms with van der Waals surface area (Å²) in [6.07, 6.45) is 0.963. The normalized spacial score (nSPS) is 11.2. The topological polar surface area (TPSA) is 34.5 Å². The Bertz CT molecular complexity index is 914. The summed E-state index contributed by atoms with van der Waals surface area (Å²) in [5.41, 5.74) is 2.69. The first-order valence-corrected chi connectivity index (χ1v) is 8.55. The van der Waals surface area contributed by atoms with Crippen LogP contribution in [0.2, 0.25) is 0 Å². The quantitative estimate of drug-likeness (QED) is 0.645. The van der Waals surface area contributed by atoms with Crippen molar-refractivity contribution in [1.29, 1.82) is 0 Å². The molecule has 25 heavy (non-hydrogen) atoms. The minimum absolute atomic E-state index is 0.0269. The van der Waals surface area contributed by atoms with Gasteiger partial charge in [0, 0.05) is 29.8 Å². The van der Waals surface area contributed by atoms with E-state index in [9.17, 15) is 4.79 Å². The Morgan fingerprint density at radius 2 is 1.80 bits per heavy atom. The van der Waals surface area contributed by atoms with Crippen molar-refractivity contribution in [3.8, 4) is 11.4 Å². The van der Waals surface area contributed by atoms with E-state index in [0.29, 0.717) is 6.61 Å². The highest BCUT2D eigenvalue weighted by Crippen LogP contribution is 2.24. The molecule has 3 aromatic rings. The van der Waals surface area contributed by atoms with E-state index in [2.05, 4.69) is 19.0 Å². The van der Waals surface area contributed by atoms with Crippen molar-refractivity contribution in [1.82, 2.24) is 9.47 Å². The number of rotatable bonds is 6. The van der Waals surface area contributed by atoms with E-state index in [-0.39, 0.29) is 5.56 Å². The van der Waals surface area contributed by atoms with Gasteiger partial charge in [0.2, 0.25) is 0 Å². The molecule has 0 atom stereocenters. The predicted octanol–water partition coefficient (Wildman–Crippen LogP) is 3.63. The zero-order valence-corrected chi connectivity index (χ0v) is 15.0. The molecule has 3 rings (SSSR count). The van der Waals surface area contributed by atoms with Crippen LogP contribution < -0.4 is 10.3 Å². The maximum Gasteiger partial charge on any atom is 0.255 e. The number of aryl methyl sites for hydroxylation is 1. The molecule has 0 aliphatic carbocycles. The summed E-state index contributed by atoms with van der Waals surface area (Å²) in [5, 5.41) is 1.06. The molecule has 1 aromatic heterocycles. The molecular formula is C21H24N2O2. The second-order valence-corrected chi connectivity index (χ2v) is 6.52. The highest BCUT2D eigenvalue weighted by molar-refractivity contribution is 5.85. The lowest BCUT2D eigenvalue weighted by atomic mass is 10.1. The van der Waals surface area contributed by atoms with E-state index in [1.54, 1.807) is 10.6 Å². The molecule has 0 aliphatic heterocycles. The summed E-state index contributed by atoms with van der Waals surface area (Å²) in [7, 11) is 4.11. The number of nitrogens with zero attached hydrogens (tertiary/aromatic N) is 2. The zero-order chi connectivity index (χ0) is 17.8. The lowest BCUT2D eigenvalue weighted by Gasteiger charge is -2.14. The third kappa shape index (κ3) is 3.91. The largest absolute Gasteiger partial charge is 0.493 e. The van der Waals surface area contributed by atoms with Gasteiger partial charge in [-0.15, -0.1) is 0 Å². The average molecular weight is 336 g/mol. The van der Waals surface area contributed by atoms with E-state index in [1.165, 1.54) is 0 Å². The summed E-state index contributed by atoms with van der Waals surface area (Å²) in [5.74, 6) is 0.793. The maximum absolute atomic E-state index is 12.6. The molecule has 0 aliphatic rings. The number of fused-ring (bicyclic) bond motifs is 1. The van der Waals surface area contributed by atoms with Crippen LogP contribution in [-0.4, -0.2) is 36.7 Å². The lowest BCUT2D eigenvalue weighted by molar-refractivity contribution is 0.282. The van der Waals surface area contributed by atoms with E-state index in [0.717, 1.165) is 40.9 Å². The van der Waals surface area contributed by atoms with Crippen LogP contribution in [0.1, 0.15) is 12.0 Å². The summed E-state index contributed by atoms with van der Waals surface area (Å²) in [6.45, 7) is 3.61. The molecule has 4 heteroatoms. The molecule has 0 bridgehead atoms. The van der Waals surface area contributed by atoms with Crippen molar-refractivity contribution in [3.05, 3.63) is 70.5 Å². The van der Waals surface area contributed by atoms with Gasteiger partial charge in [-0.3, -0.25) is 9.36 Å². The van der Waals surface area contributed by atoms with E-state index in [4.69, 9.17) is 4.74 Å². The Morgan fingerprint density at radius 1 is 1.04 bits per heavy atom. The Kier molecular flexibility index (Phi) is 5.19. The Labute approximate surface area is 148 Å². The Morgan fingerprint density at radius 3 is 2.52 bits per heavy atom. The number of hydrogen-bond donors (Lipinski definition) is 0. The van der Waals surface area contributed by atoms with Crippen LogP contribution in [0.4, 0.5) is 0 Å². The van der Waals surface area contributed by atoms with Gasteiger partial charge in [-0.25, -0.2) is 0 Å². The fraction of sp³-hybridized carbons (Fsp3) is 0.286. The number of ether oxygens (including phenoxy) is 1. The third-order valence-electron chi connectivity index (χ3n) is 4.23. The second-order valence-electron chi connectivity index (χ2n) is 6.52. The van der Waals surface area contributed by atoms with Crippen LogP contribution in [-0.2, 0) is 0 Å². The number of pyridine rings is 1. The van der Waals surface area contributed by atoms with Gasteiger partial charge >= 0.3 is 0 Å². The fourth-order valence-electron chi connectivity index (χ4n) is 2.98. The van der Waals surface area contributed by atoms with E-state index < -0.39 is 0 Å². The smallest absolute Gasteiger partial charge is 0.255 e. The van der Waals surface area contributed by atoms with Crippen molar-refractivity contribution in [2.45, 2.75) is 13.3 Å². The van der Waals surface area contributed by atoms with Gasteiger partial charge in [0.1, 0.15) is 5.75 Å². The minimum atomic E-state index is -0.0269. The predicted molar refractivity (Wildman–Crippen MR) is 103 cm³/mol. The Hall–Kier alpha value is -2.59. The number of para-hydroxylation sites is 1. The van der Waals surface area contributed by atoms with E-state index in [1.807, 2.05) is 55.5 Å². The summed E-state index contributed by atoms with van der Waals surface area (Å²) in [4.78, 5) is 14.8. The van der Waals surface area contributed by atoms with Crippen molar-refractivity contribution < 1.29 is 4.74 Å². The van der Waals surface area contributed by atoms with Crippen molar-refractivity contribution in [2.24, 2.45) is 0 Å². The molecule has 0 amide bonds. The molecular weight excluding hydrogens is 312 g/mol. The lowest BCUT2D eigenvalue weighted by Crippen LogP contribution is -2.18. The first-order chi connectivity index (χ1) is 12.1. The first-order valence-electron chi connectivity index (χ1n) is 8.55. The zero-order valence-electron chi connectivity index (χ0n) is 15.0. The van der Waals surface area contributed by atoms with Crippen LogP contribution in [0.3, 0.4) is 0 Å². The molecule has 0 fully saturated rings. The Balaban J connectivity index is 2.00. The number of hydrogen-bond acceptors (Lipinski definition) is 3. The van der Waals surface area contributed by atoms with Crippen molar-refractivity contribution >= 4 is 10.9 Å². The molecule has 0 saturated carbocycles. The summed E-state index contributed by atoms with van der Waals surface area (Å²) in [6, 6.07) is 17.4. The summed E-state index contributed by atoms with van der Waals surface area (Å²) >= 11 is 0. The van der Waals surface area contributed by atoms with Gasteiger partial charge in [-0.05, 0) is 57.3 Å². The second kappa shape index (κ2) is 7.53. The average Bonchev–Trinajstić information content (AvgIpc) is 2.59. The monoisotopic (exact) mass is 336 g/mol. The van der Waals surface area contributed by atoms with Gasteiger partial charge in [-0.2, -0.15) is 0 Å². The van der Waals surface area contributed by atoms with Gasteiger partial charge in [-0.1, -0.05) is 18.2 Å². The van der Waals surface area contributed by atoms with Crippen LogP contribution in [0.15, 0.2) is 59.4 Å². The molecule has 0 spiro atoms. The fourth-order valence-corrected chi connectivity index (χ4v) is 2.98. The van der Waals surface area contributed by atoms with Gasteiger partial charge in [0.05, 0.1) is 12.1 Å². The van der Waals surface area contributed by atoms with Gasteiger partial charge in [0.25, 0.3) is 5.56 Å². The first kappa shape index (κ1) is 17.2. The molecule has 1 heterocycles. The molecule has 0 N–H and O–H groups in total. The van der Waals surface area contributed by atoms with Crippen LogP contribution in [0, 0.1) is 6.92 Å². The highest BCUT2D eigenvalue weighted by atomic mass is 16.5. The molecule has 2 aromatic carbocycles. The van der Waals surface area contributed by atoms with Crippen molar-refractivity contribution in [3.63, 3.8) is 0 Å². The molecule has 130 valence electrons. The van der Waals surface area contributed by atoms with Gasteiger partial charge < -0.3 is 9.64 Å². The number of benzene rings is 2. The third-order valence-corrected chi connectivity index (χ3v) is 4.23. The summed E-state index contributed by atoms with van der Waals surface area (Å²) < 4.78 is 7.64. The van der Waals surface area contributed by atoms with Gasteiger partial charge in [0.15, 0.2) is 0 Å². The minimum Gasteiger partial charge on any atom is -0.493 e.